The Balaban J connectivity index is 3.64. The van der Waals surface area contributed by atoms with E-state index in [9.17, 15) is 4.79 Å². The molecule has 0 radical (unpaired) electrons. The molecule has 0 aliphatic carbocycles. The first kappa shape index (κ1) is 12.5. The molecule has 0 amide bonds. The Hall–Kier alpha value is -0.530. The van der Waals surface area contributed by atoms with Gasteiger partial charge < -0.3 is 0 Å². The van der Waals surface area contributed by atoms with E-state index < -0.39 is 0 Å². The molecule has 0 saturated carbocycles. The fourth-order valence-corrected chi connectivity index (χ4v) is 2.73. The van der Waals surface area contributed by atoms with E-state index in [1.54, 1.807) is 0 Å². The minimum absolute atomic E-state index is 0.419. The monoisotopic (exact) mass is 244 g/mol. The van der Waals surface area contributed by atoms with E-state index in [1.807, 2.05) is 20.8 Å². The molecule has 0 bridgehead atoms. The summed E-state index contributed by atoms with van der Waals surface area (Å²) in [4.78, 5) is 11.0. The second-order valence-corrected chi connectivity index (χ2v) is 4.17. The van der Waals surface area contributed by atoms with Crippen LogP contribution in [0.2, 0.25) is 0 Å². The standard InChI is InChI=1S/C12H14Cl2O/c1-7-10(4-13)8(2)12(6-15)9(3)11(7)5-14/h6H,4-5H2,1-3H3. The van der Waals surface area contributed by atoms with Crippen LogP contribution in [0.15, 0.2) is 0 Å². The second-order valence-electron chi connectivity index (χ2n) is 3.63. The Morgan fingerprint density at radius 2 is 1.33 bits per heavy atom. The van der Waals surface area contributed by atoms with Gasteiger partial charge in [-0.1, -0.05) is 0 Å². The Morgan fingerprint density at radius 3 is 1.60 bits per heavy atom. The van der Waals surface area contributed by atoms with Crippen molar-refractivity contribution in [2.45, 2.75) is 32.5 Å². The van der Waals surface area contributed by atoms with Crippen LogP contribution in [0.1, 0.15) is 38.2 Å². The summed E-state index contributed by atoms with van der Waals surface area (Å²) in [5.74, 6) is 0.839. The summed E-state index contributed by atoms with van der Waals surface area (Å²) in [5, 5.41) is 0. The molecule has 0 aromatic heterocycles. The maximum atomic E-state index is 11.0. The molecular weight excluding hydrogens is 231 g/mol. The zero-order valence-corrected chi connectivity index (χ0v) is 10.7. The molecular formula is C12H14Cl2O. The van der Waals surface area contributed by atoms with E-state index in [2.05, 4.69) is 0 Å². The first-order valence-corrected chi connectivity index (χ1v) is 5.84. The fourth-order valence-electron chi connectivity index (χ4n) is 1.93. The Kier molecular flexibility index (Phi) is 4.18. The van der Waals surface area contributed by atoms with E-state index in [1.165, 1.54) is 0 Å². The molecule has 3 heteroatoms. The quantitative estimate of drug-likeness (QED) is 0.583. The molecule has 1 aromatic carbocycles. The smallest absolute Gasteiger partial charge is 0.150 e. The van der Waals surface area contributed by atoms with Gasteiger partial charge in [-0.2, -0.15) is 0 Å². The van der Waals surface area contributed by atoms with E-state index in [-0.39, 0.29) is 0 Å². The van der Waals surface area contributed by atoms with Crippen LogP contribution in [-0.2, 0) is 11.8 Å². The van der Waals surface area contributed by atoms with E-state index in [0.717, 1.165) is 39.7 Å². The number of carbonyl (C=O) groups is 1. The van der Waals surface area contributed by atoms with Gasteiger partial charge in [0, 0.05) is 17.3 Å². The topological polar surface area (TPSA) is 17.1 Å². The summed E-state index contributed by atoms with van der Waals surface area (Å²) >= 11 is 11.8. The second kappa shape index (κ2) is 5.00. The molecule has 0 heterocycles. The lowest BCUT2D eigenvalue weighted by atomic mass is 9.90. The number of carbonyl (C=O) groups excluding carboxylic acids is 1. The van der Waals surface area contributed by atoms with Crippen LogP contribution in [0.25, 0.3) is 0 Å². The van der Waals surface area contributed by atoms with E-state index in [4.69, 9.17) is 23.2 Å². The van der Waals surface area contributed by atoms with Gasteiger partial charge in [0.05, 0.1) is 0 Å². The van der Waals surface area contributed by atoms with Crippen molar-refractivity contribution in [2.75, 3.05) is 0 Å². The number of rotatable bonds is 3. The Labute approximate surface area is 100 Å². The summed E-state index contributed by atoms with van der Waals surface area (Å²) < 4.78 is 0. The van der Waals surface area contributed by atoms with E-state index in [0.29, 0.717) is 11.8 Å². The van der Waals surface area contributed by atoms with Gasteiger partial charge in [0.25, 0.3) is 0 Å². The van der Waals surface area contributed by atoms with Gasteiger partial charge in [-0.05, 0) is 48.6 Å². The lowest BCUT2D eigenvalue weighted by Gasteiger charge is -2.17. The molecule has 0 saturated heterocycles. The van der Waals surface area contributed by atoms with Gasteiger partial charge in [0.15, 0.2) is 6.29 Å². The maximum Gasteiger partial charge on any atom is 0.150 e. The van der Waals surface area contributed by atoms with Crippen molar-refractivity contribution >= 4 is 29.5 Å². The SMILES string of the molecule is Cc1c(C=O)c(C)c(CCl)c(C)c1CCl. The van der Waals surface area contributed by atoms with Crippen molar-refractivity contribution in [1.29, 1.82) is 0 Å². The van der Waals surface area contributed by atoms with Crippen molar-refractivity contribution in [1.82, 2.24) is 0 Å². The molecule has 0 fully saturated rings. The van der Waals surface area contributed by atoms with Crippen LogP contribution in [0.5, 0.6) is 0 Å². The molecule has 0 unspecified atom stereocenters. The number of hydrogen-bond donors (Lipinski definition) is 0. The minimum atomic E-state index is 0.419. The third-order valence-corrected chi connectivity index (χ3v) is 3.54. The average Bonchev–Trinajstić information content (AvgIpc) is 2.19. The van der Waals surface area contributed by atoms with Crippen LogP contribution in [-0.4, -0.2) is 6.29 Å². The van der Waals surface area contributed by atoms with Crippen molar-refractivity contribution < 1.29 is 4.79 Å². The molecule has 0 N–H and O–H groups in total. The molecule has 0 atom stereocenters. The van der Waals surface area contributed by atoms with Crippen molar-refractivity contribution in [3.05, 3.63) is 33.4 Å². The van der Waals surface area contributed by atoms with Crippen molar-refractivity contribution in [2.24, 2.45) is 0 Å². The molecule has 1 aromatic rings. The number of aldehydes is 1. The zero-order valence-electron chi connectivity index (χ0n) is 9.16. The van der Waals surface area contributed by atoms with Crippen molar-refractivity contribution in [3.8, 4) is 0 Å². The third kappa shape index (κ3) is 2.04. The van der Waals surface area contributed by atoms with E-state index >= 15 is 0 Å². The number of benzene rings is 1. The van der Waals surface area contributed by atoms with Crippen molar-refractivity contribution in [3.63, 3.8) is 0 Å². The van der Waals surface area contributed by atoms with Crippen LogP contribution < -0.4 is 0 Å². The van der Waals surface area contributed by atoms with Crippen LogP contribution in [0, 0.1) is 20.8 Å². The highest BCUT2D eigenvalue weighted by Gasteiger charge is 2.15. The summed E-state index contributed by atoms with van der Waals surface area (Å²) in [5.41, 5.74) is 5.85. The Bertz CT molecular complexity index is 366. The molecule has 0 spiro atoms. The van der Waals surface area contributed by atoms with Crippen LogP contribution in [0.4, 0.5) is 0 Å². The summed E-state index contributed by atoms with van der Waals surface area (Å²) in [6.07, 6.45) is 0.885. The molecule has 0 aliphatic heterocycles. The lowest BCUT2D eigenvalue weighted by Crippen LogP contribution is -2.05. The highest BCUT2D eigenvalue weighted by atomic mass is 35.5. The van der Waals surface area contributed by atoms with Gasteiger partial charge in [0.1, 0.15) is 0 Å². The largest absolute Gasteiger partial charge is 0.298 e. The van der Waals surface area contributed by atoms with Crippen LogP contribution in [0.3, 0.4) is 0 Å². The van der Waals surface area contributed by atoms with Gasteiger partial charge in [-0.15, -0.1) is 23.2 Å². The third-order valence-electron chi connectivity index (χ3n) is 3.00. The molecule has 0 aliphatic rings. The number of halogens is 2. The average molecular weight is 245 g/mol. The lowest BCUT2D eigenvalue weighted by molar-refractivity contribution is 0.112. The molecule has 15 heavy (non-hydrogen) atoms. The number of hydrogen-bond acceptors (Lipinski definition) is 1. The first-order chi connectivity index (χ1) is 7.08. The Morgan fingerprint density at radius 1 is 0.933 bits per heavy atom. The highest BCUT2D eigenvalue weighted by Crippen LogP contribution is 2.28. The predicted octanol–water partition coefficient (Wildman–Crippen LogP) is 3.90. The highest BCUT2D eigenvalue weighted by molar-refractivity contribution is 6.18. The van der Waals surface area contributed by atoms with Gasteiger partial charge in [-0.3, -0.25) is 4.79 Å². The molecule has 82 valence electrons. The van der Waals surface area contributed by atoms with Gasteiger partial charge in [-0.25, -0.2) is 0 Å². The summed E-state index contributed by atoms with van der Waals surface area (Å²) in [6.45, 7) is 5.86. The number of alkyl halides is 2. The van der Waals surface area contributed by atoms with Gasteiger partial charge in [0.2, 0.25) is 0 Å². The normalized spacial score (nSPS) is 10.5. The minimum Gasteiger partial charge on any atom is -0.298 e. The van der Waals surface area contributed by atoms with Crippen LogP contribution >= 0.6 is 23.2 Å². The van der Waals surface area contributed by atoms with Gasteiger partial charge >= 0.3 is 0 Å². The first-order valence-electron chi connectivity index (χ1n) is 4.77. The fraction of sp³-hybridized carbons (Fsp3) is 0.417. The molecule has 1 rings (SSSR count). The maximum absolute atomic E-state index is 11.0. The molecule has 1 nitrogen and oxygen atoms in total. The summed E-state index contributed by atoms with van der Waals surface area (Å²) in [7, 11) is 0. The summed E-state index contributed by atoms with van der Waals surface area (Å²) in [6, 6.07) is 0. The predicted molar refractivity (Wildman–Crippen MR) is 65.2 cm³/mol. The zero-order chi connectivity index (χ0) is 11.6.